The van der Waals surface area contributed by atoms with Gasteiger partial charge in [0.15, 0.2) is 11.4 Å². The second-order valence-corrected chi connectivity index (χ2v) is 7.25. The molecule has 1 fully saturated rings. The highest BCUT2D eigenvalue weighted by Crippen LogP contribution is 2.56. The summed E-state index contributed by atoms with van der Waals surface area (Å²) in [5, 5.41) is 51.9. The second kappa shape index (κ2) is 7.14. The number of benzene rings is 2. The van der Waals surface area contributed by atoms with Gasteiger partial charge in [-0.15, -0.1) is 0 Å². The Labute approximate surface area is 157 Å². The Balaban J connectivity index is 1.99. The van der Waals surface area contributed by atoms with Crippen LogP contribution in [0.15, 0.2) is 54.6 Å². The van der Waals surface area contributed by atoms with Crippen molar-refractivity contribution in [1.29, 1.82) is 0 Å². The quantitative estimate of drug-likeness (QED) is 0.490. The van der Waals surface area contributed by atoms with Gasteiger partial charge in [-0.3, -0.25) is 4.79 Å². The molecule has 0 aromatic heterocycles. The Morgan fingerprint density at radius 2 is 1.78 bits per heavy atom. The standard InChI is InChI=1S/C21H24O6/c1-13-6-5-7-14(10-13)11-16(23)20(26)18(15-8-3-2-4-9-15)21(27,19(20)25)17(24)12-22/h2-10,17-19,22,24-27H,11-12H2,1H3/t17-,18?,19-,20-,21+/m1/s1. The highest BCUT2D eigenvalue weighted by atomic mass is 16.4. The van der Waals surface area contributed by atoms with Crippen LogP contribution in [-0.4, -0.2) is 61.3 Å². The normalized spacial score (nSPS) is 31.2. The molecule has 0 bridgehead atoms. The van der Waals surface area contributed by atoms with Crippen molar-refractivity contribution in [2.75, 3.05) is 6.61 Å². The largest absolute Gasteiger partial charge is 0.394 e. The zero-order valence-corrected chi connectivity index (χ0v) is 15.0. The van der Waals surface area contributed by atoms with Crippen LogP contribution in [0.2, 0.25) is 0 Å². The smallest absolute Gasteiger partial charge is 0.172 e. The molecule has 0 spiro atoms. The first-order valence-corrected chi connectivity index (χ1v) is 8.81. The Kier molecular flexibility index (Phi) is 5.20. The van der Waals surface area contributed by atoms with Gasteiger partial charge in [0.1, 0.15) is 17.8 Å². The molecule has 1 unspecified atom stereocenters. The summed E-state index contributed by atoms with van der Waals surface area (Å²) >= 11 is 0. The highest BCUT2D eigenvalue weighted by Gasteiger charge is 2.75. The van der Waals surface area contributed by atoms with Crippen molar-refractivity contribution in [1.82, 2.24) is 0 Å². The van der Waals surface area contributed by atoms with E-state index < -0.39 is 41.7 Å². The van der Waals surface area contributed by atoms with Crippen LogP contribution in [0.5, 0.6) is 0 Å². The van der Waals surface area contributed by atoms with E-state index in [9.17, 15) is 30.3 Å². The zero-order chi connectivity index (χ0) is 19.8. The van der Waals surface area contributed by atoms with Gasteiger partial charge in [-0.1, -0.05) is 60.2 Å². The molecule has 27 heavy (non-hydrogen) atoms. The molecular weight excluding hydrogens is 348 g/mol. The Bertz CT molecular complexity index is 822. The molecule has 6 heteroatoms. The molecule has 5 N–H and O–H groups in total. The molecule has 1 aliphatic carbocycles. The SMILES string of the molecule is Cc1cccc(CC(=O)[C@@]2(O)C(c3ccccc3)[C@@](O)([C@H](O)CO)[C@@H]2O)c1. The van der Waals surface area contributed by atoms with Crippen molar-refractivity contribution in [3.8, 4) is 0 Å². The van der Waals surface area contributed by atoms with E-state index in [0.717, 1.165) is 5.56 Å². The number of aliphatic hydroxyl groups is 5. The Morgan fingerprint density at radius 3 is 2.37 bits per heavy atom. The van der Waals surface area contributed by atoms with E-state index in [1.165, 1.54) is 0 Å². The fraction of sp³-hybridized carbons (Fsp3) is 0.381. The van der Waals surface area contributed by atoms with E-state index in [-0.39, 0.29) is 6.42 Å². The number of hydrogen-bond acceptors (Lipinski definition) is 6. The van der Waals surface area contributed by atoms with Crippen molar-refractivity contribution in [3.05, 3.63) is 71.3 Å². The van der Waals surface area contributed by atoms with Crippen LogP contribution < -0.4 is 0 Å². The van der Waals surface area contributed by atoms with Gasteiger partial charge in [0.05, 0.1) is 12.5 Å². The van der Waals surface area contributed by atoms with E-state index in [4.69, 9.17) is 0 Å². The van der Waals surface area contributed by atoms with Crippen LogP contribution >= 0.6 is 0 Å². The first kappa shape index (κ1) is 19.7. The summed E-state index contributed by atoms with van der Waals surface area (Å²) < 4.78 is 0. The average Bonchev–Trinajstić information content (AvgIpc) is 2.67. The molecule has 1 aliphatic rings. The fourth-order valence-electron chi connectivity index (χ4n) is 4.07. The number of aliphatic hydroxyl groups excluding tert-OH is 3. The molecule has 6 nitrogen and oxygen atoms in total. The minimum absolute atomic E-state index is 0.135. The number of carbonyl (C=O) groups excluding carboxylic acids is 1. The minimum Gasteiger partial charge on any atom is -0.394 e. The van der Waals surface area contributed by atoms with Gasteiger partial charge in [-0.2, -0.15) is 0 Å². The number of aryl methyl sites for hydroxylation is 1. The number of carbonyl (C=O) groups is 1. The van der Waals surface area contributed by atoms with E-state index in [1.807, 2.05) is 13.0 Å². The first-order chi connectivity index (χ1) is 12.8. The Morgan fingerprint density at radius 1 is 1.11 bits per heavy atom. The number of ketones is 1. The van der Waals surface area contributed by atoms with Crippen molar-refractivity contribution in [2.45, 2.75) is 42.7 Å². The molecule has 144 valence electrons. The van der Waals surface area contributed by atoms with Crippen molar-refractivity contribution in [3.63, 3.8) is 0 Å². The molecule has 2 aromatic carbocycles. The van der Waals surface area contributed by atoms with Crippen molar-refractivity contribution in [2.24, 2.45) is 0 Å². The second-order valence-electron chi connectivity index (χ2n) is 7.25. The van der Waals surface area contributed by atoms with Gasteiger partial charge < -0.3 is 25.5 Å². The molecule has 2 aromatic rings. The third kappa shape index (κ3) is 2.99. The summed E-state index contributed by atoms with van der Waals surface area (Å²) in [5.41, 5.74) is -2.51. The van der Waals surface area contributed by atoms with Crippen LogP contribution in [0.1, 0.15) is 22.6 Å². The van der Waals surface area contributed by atoms with Crippen LogP contribution in [-0.2, 0) is 11.2 Å². The van der Waals surface area contributed by atoms with E-state index >= 15 is 0 Å². The fourth-order valence-corrected chi connectivity index (χ4v) is 4.07. The molecule has 3 rings (SSSR count). The number of hydrogen-bond donors (Lipinski definition) is 5. The monoisotopic (exact) mass is 372 g/mol. The van der Waals surface area contributed by atoms with Gasteiger partial charge in [-0.25, -0.2) is 0 Å². The van der Waals surface area contributed by atoms with Gasteiger partial charge in [-0.05, 0) is 18.1 Å². The van der Waals surface area contributed by atoms with Gasteiger partial charge in [0.2, 0.25) is 0 Å². The van der Waals surface area contributed by atoms with Crippen LogP contribution in [0.4, 0.5) is 0 Å². The van der Waals surface area contributed by atoms with Crippen LogP contribution in [0.3, 0.4) is 0 Å². The predicted octanol–water partition coefficient (Wildman–Crippen LogP) is 0.0803. The summed E-state index contributed by atoms with van der Waals surface area (Å²) in [6.07, 6.45) is -3.79. The molecule has 0 radical (unpaired) electrons. The molecule has 0 aliphatic heterocycles. The van der Waals surface area contributed by atoms with Crippen LogP contribution in [0.25, 0.3) is 0 Å². The number of rotatable bonds is 6. The topological polar surface area (TPSA) is 118 Å². The molecule has 0 amide bonds. The molecule has 1 saturated carbocycles. The summed E-state index contributed by atoms with van der Waals surface area (Å²) in [6, 6.07) is 15.5. The minimum atomic E-state index is -2.28. The number of Topliss-reactive ketones (excluding diaryl/α,β-unsaturated/α-hetero) is 1. The summed E-state index contributed by atoms with van der Waals surface area (Å²) in [7, 11) is 0. The maximum atomic E-state index is 13.0. The third-order valence-corrected chi connectivity index (χ3v) is 5.49. The van der Waals surface area contributed by atoms with E-state index in [1.54, 1.807) is 48.5 Å². The van der Waals surface area contributed by atoms with Crippen LogP contribution in [0, 0.1) is 6.92 Å². The lowest BCUT2D eigenvalue weighted by Crippen LogP contribution is -2.82. The molecule has 5 atom stereocenters. The lowest BCUT2D eigenvalue weighted by atomic mass is 9.49. The molecule has 0 heterocycles. The van der Waals surface area contributed by atoms with Crippen molar-refractivity contribution < 1.29 is 30.3 Å². The summed E-state index contributed by atoms with van der Waals surface area (Å²) in [4.78, 5) is 13.0. The molecule has 0 saturated heterocycles. The van der Waals surface area contributed by atoms with Gasteiger partial charge in [0.25, 0.3) is 0 Å². The van der Waals surface area contributed by atoms with E-state index in [2.05, 4.69) is 0 Å². The lowest BCUT2D eigenvalue weighted by molar-refractivity contribution is -0.307. The van der Waals surface area contributed by atoms with Crippen molar-refractivity contribution >= 4 is 5.78 Å². The first-order valence-electron chi connectivity index (χ1n) is 8.81. The molecular formula is C21H24O6. The Hall–Kier alpha value is -2.09. The maximum absolute atomic E-state index is 13.0. The van der Waals surface area contributed by atoms with Gasteiger partial charge >= 0.3 is 0 Å². The predicted molar refractivity (Wildman–Crippen MR) is 98.1 cm³/mol. The zero-order valence-electron chi connectivity index (χ0n) is 15.0. The highest BCUT2D eigenvalue weighted by molar-refractivity contribution is 5.93. The third-order valence-electron chi connectivity index (χ3n) is 5.49. The lowest BCUT2D eigenvalue weighted by Gasteiger charge is -2.61. The summed E-state index contributed by atoms with van der Waals surface area (Å²) in [5.74, 6) is -1.94. The van der Waals surface area contributed by atoms with E-state index in [0.29, 0.717) is 11.1 Å². The maximum Gasteiger partial charge on any atom is 0.172 e. The average molecular weight is 372 g/mol. The van der Waals surface area contributed by atoms with Gasteiger partial charge in [0, 0.05) is 6.42 Å². The summed E-state index contributed by atoms with van der Waals surface area (Å²) in [6.45, 7) is 1.06.